The molecule has 1 aliphatic carbocycles. The quantitative estimate of drug-likeness (QED) is 0.943. The van der Waals surface area contributed by atoms with E-state index in [0.717, 1.165) is 35.2 Å². The second-order valence-corrected chi connectivity index (χ2v) is 6.36. The number of rotatable bonds is 4. The predicted molar refractivity (Wildman–Crippen MR) is 90.8 cm³/mol. The Kier molecular flexibility index (Phi) is 4.07. The van der Waals surface area contributed by atoms with Crippen molar-refractivity contribution in [3.8, 4) is 0 Å². The number of benzene rings is 1. The molecule has 4 heteroatoms. The Hall–Kier alpha value is -2.36. The smallest absolute Gasteiger partial charge is 0.264 e. The maximum absolute atomic E-state index is 12.7. The van der Waals surface area contributed by atoms with Gasteiger partial charge in [0.05, 0.1) is 0 Å². The van der Waals surface area contributed by atoms with E-state index in [2.05, 4.69) is 5.32 Å². The van der Waals surface area contributed by atoms with Crippen LogP contribution in [0.5, 0.6) is 0 Å². The number of hydrogen-bond acceptors (Lipinski definition) is 2. The van der Waals surface area contributed by atoms with Crippen LogP contribution in [0.1, 0.15) is 51.6 Å². The molecule has 3 rings (SSSR count). The molecule has 23 heavy (non-hydrogen) atoms. The van der Waals surface area contributed by atoms with E-state index >= 15 is 0 Å². The van der Waals surface area contributed by atoms with Gasteiger partial charge < -0.3 is 9.88 Å². The molecule has 1 aliphatic rings. The van der Waals surface area contributed by atoms with Crippen molar-refractivity contribution in [1.29, 1.82) is 0 Å². The van der Waals surface area contributed by atoms with Crippen molar-refractivity contribution in [3.63, 3.8) is 0 Å². The molecular weight excluding hydrogens is 288 g/mol. The summed E-state index contributed by atoms with van der Waals surface area (Å²) in [6.45, 7) is 6.20. The monoisotopic (exact) mass is 310 g/mol. The number of nitrogens with zero attached hydrogens (tertiary/aromatic N) is 1. The number of amides is 1. The fourth-order valence-corrected chi connectivity index (χ4v) is 3.04. The van der Waals surface area contributed by atoms with Gasteiger partial charge in [-0.2, -0.15) is 0 Å². The van der Waals surface area contributed by atoms with Crippen LogP contribution in [0, 0.1) is 20.8 Å². The summed E-state index contributed by atoms with van der Waals surface area (Å²) in [5, 5.41) is 2.89. The molecule has 0 bridgehead atoms. The van der Waals surface area contributed by atoms with Gasteiger partial charge in [-0.15, -0.1) is 0 Å². The molecule has 1 amide bonds. The van der Waals surface area contributed by atoms with E-state index < -0.39 is 0 Å². The van der Waals surface area contributed by atoms with Crippen molar-refractivity contribution in [1.82, 2.24) is 9.88 Å². The van der Waals surface area contributed by atoms with Gasteiger partial charge in [0.25, 0.3) is 11.5 Å². The van der Waals surface area contributed by atoms with Gasteiger partial charge >= 0.3 is 0 Å². The molecule has 1 fully saturated rings. The molecule has 120 valence electrons. The molecule has 0 spiro atoms. The maximum atomic E-state index is 12.7. The molecule has 0 atom stereocenters. The summed E-state index contributed by atoms with van der Waals surface area (Å²) >= 11 is 0. The van der Waals surface area contributed by atoms with Gasteiger partial charge in [0, 0.05) is 18.3 Å². The molecule has 4 nitrogen and oxygen atoms in total. The maximum Gasteiger partial charge on any atom is 0.264 e. The second kappa shape index (κ2) is 6.03. The number of hydrogen-bond donors (Lipinski definition) is 1. The highest BCUT2D eigenvalue weighted by molar-refractivity contribution is 5.95. The third-order valence-corrected chi connectivity index (χ3v) is 4.47. The highest BCUT2D eigenvalue weighted by atomic mass is 16.2. The topological polar surface area (TPSA) is 51.1 Å². The number of aromatic nitrogens is 1. The van der Waals surface area contributed by atoms with Crippen molar-refractivity contribution in [2.75, 3.05) is 0 Å². The Labute approximate surface area is 136 Å². The molecular formula is C19H22N2O2. The van der Waals surface area contributed by atoms with Crippen molar-refractivity contribution in [2.45, 2.75) is 46.2 Å². The molecule has 0 radical (unpaired) electrons. The fourth-order valence-electron chi connectivity index (χ4n) is 3.04. The van der Waals surface area contributed by atoms with Crippen LogP contribution in [0.4, 0.5) is 0 Å². The van der Waals surface area contributed by atoms with E-state index in [9.17, 15) is 9.59 Å². The van der Waals surface area contributed by atoms with Gasteiger partial charge in [-0.05, 0) is 56.4 Å². The summed E-state index contributed by atoms with van der Waals surface area (Å²) in [6, 6.07) is 10.1. The van der Waals surface area contributed by atoms with Gasteiger partial charge in [-0.3, -0.25) is 9.59 Å². The second-order valence-electron chi connectivity index (χ2n) is 6.36. The van der Waals surface area contributed by atoms with Crippen molar-refractivity contribution in [3.05, 3.63) is 68.6 Å². The Morgan fingerprint density at radius 3 is 2.52 bits per heavy atom. The average molecular weight is 310 g/mol. The largest absolute Gasteiger partial charge is 0.348 e. The first-order valence-corrected chi connectivity index (χ1v) is 8.04. The Morgan fingerprint density at radius 1 is 1.17 bits per heavy atom. The van der Waals surface area contributed by atoms with E-state index in [1.54, 1.807) is 4.57 Å². The van der Waals surface area contributed by atoms with Gasteiger partial charge in [-0.25, -0.2) is 0 Å². The first kappa shape index (κ1) is 15.5. The minimum atomic E-state index is -0.287. The third-order valence-electron chi connectivity index (χ3n) is 4.47. The summed E-state index contributed by atoms with van der Waals surface area (Å²) in [6.07, 6.45) is 2.04. The molecule has 0 saturated heterocycles. The van der Waals surface area contributed by atoms with Crippen LogP contribution < -0.4 is 10.9 Å². The first-order valence-electron chi connectivity index (χ1n) is 8.04. The lowest BCUT2D eigenvalue weighted by Crippen LogP contribution is -2.34. The highest BCUT2D eigenvalue weighted by Crippen LogP contribution is 2.34. The van der Waals surface area contributed by atoms with Gasteiger partial charge in [0.2, 0.25) is 0 Å². The summed E-state index contributed by atoms with van der Waals surface area (Å²) < 4.78 is 1.77. The van der Waals surface area contributed by atoms with Crippen molar-refractivity contribution < 1.29 is 4.79 Å². The number of nitrogens with one attached hydrogen (secondary N) is 1. The SMILES string of the molecule is Cc1ccccc1CNC(=O)c1c(C)cc(C)n(C2CC2)c1=O. The van der Waals surface area contributed by atoms with Crippen LogP contribution >= 0.6 is 0 Å². The molecule has 1 saturated carbocycles. The minimum Gasteiger partial charge on any atom is -0.348 e. The van der Waals surface area contributed by atoms with E-state index in [0.29, 0.717) is 6.54 Å². The number of pyridine rings is 1. The number of carbonyl (C=O) groups excluding carboxylic acids is 1. The van der Waals surface area contributed by atoms with E-state index in [-0.39, 0.29) is 23.1 Å². The number of carbonyl (C=O) groups is 1. The third kappa shape index (κ3) is 3.07. The molecule has 0 unspecified atom stereocenters. The van der Waals surface area contributed by atoms with Gasteiger partial charge in [0.1, 0.15) is 5.56 Å². The van der Waals surface area contributed by atoms with E-state index in [1.165, 1.54) is 0 Å². The summed E-state index contributed by atoms with van der Waals surface area (Å²) in [5.74, 6) is -0.287. The van der Waals surface area contributed by atoms with Crippen LogP contribution in [-0.4, -0.2) is 10.5 Å². The standard InChI is InChI=1S/C19H22N2O2/c1-12-6-4-5-7-15(12)11-20-18(22)17-13(2)10-14(3)21(19(17)23)16-8-9-16/h4-7,10,16H,8-9,11H2,1-3H3,(H,20,22). The van der Waals surface area contributed by atoms with Gasteiger partial charge in [0.15, 0.2) is 0 Å². The molecule has 1 aromatic carbocycles. The molecule has 1 aromatic heterocycles. The van der Waals surface area contributed by atoms with Crippen LogP contribution in [0.2, 0.25) is 0 Å². The highest BCUT2D eigenvalue weighted by Gasteiger charge is 2.28. The zero-order valence-corrected chi connectivity index (χ0v) is 13.8. The molecule has 0 aliphatic heterocycles. The molecule has 2 aromatic rings. The Morgan fingerprint density at radius 2 is 1.87 bits per heavy atom. The number of aryl methyl sites for hydroxylation is 3. The lowest BCUT2D eigenvalue weighted by Gasteiger charge is -2.14. The lowest BCUT2D eigenvalue weighted by molar-refractivity contribution is 0.0948. The lowest BCUT2D eigenvalue weighted by atomic mass is 10.1. The van der Waals surface area contributed by atoms with Crippen molar-refractivity contribution >= 4 is 5.91 Å². The van der Waals surface area contributed by atoms with Gasteiger partial charge in [-0.1, -0.05) is 24.3 Å². The molecule has 1 heterocycles. The minimum absolute atomic E-state index is 0.160. The fraction of sp³-hybridized carbons (Fsp3) is 0.368. The zero-order chi connectivity index (χ0) is 16.6. The normalized spacial score (nSPS) is 13.9. The van der Waals surface area contributed by atoms with Crippen LogP contribution in [0.3, 0.4) is 0 Å². The summed E-state index contributed by atoms with van der Waals surface area (Å²) in [7, 11) is 0. The Balaban J connectivity index is 1.86. The molecule has 1 N–H and O–H groups in total. The summed E-state index contributed by atoms with van der Waals surface area (Å²) in [5.41, 5.74) is 3.98. The zero-order valence-electron chi connectivity index (χ0n) is 13.8. The summed E-state index contributed by atoms with van der Waals surface area (Å²) in [4.78, 5) is 25.3. The van der Waals surface area contributed by atoms with E-state index in [1.807, 2.05) is 51.1 Å². The average Bonchev–Trinajstić information content (AvgIpc) is 3.30. The predicted octanol–water partition coefficient (Wildman–Crippen LogP) is 3.04. The van der Waals surface area contributed by atoms with Crippen LogP contribution in [-0.2, 0) is 6.54 Å². The van der Waals surface area contributed by atoms with E-state index in [4.69, 9.17) is 0 Å². The first-order chi connectivity index (χ1) is 11.0. The van der Waals surface area contributed by atoms with Crippen molar-refractivity contribution in [2.24, 2.45) is 0 Å². The van der Waals surface area contributed by atoms with Crippen LogP contribution in [0.15, 0.2) is 35.1 Å². The Bertz CT molecular complexity index is 817. The van der Waals surface area contributed by atoms with Crippen LogP contribution in [0.25, 0.3) is 0 Å².